The van der Waals surface area contributed by atoms with Gasteiger partial charge in [0.25, 0.3) is 5.91 Å². The van der Waals surface area contributed by atoms with Gasteiger partial charge in [-0.3, -0.25) is 4.79 Å². The van der Waals surface area contributed by atoms with Crippen LogP contribution in [0.15, 0.2) is 53.0 Å². The molecule has 2 aromatic rings. The number of para-hydroxylation sites is 2. The summed E-state index contributed by atoms with van der Waals surface area (Å²) < 4.78 is 6.52. The van der Waals surface area contributed by atoms with Crippen molar-refractivity contribution in [3.63, 3.8) is 0 Å². The Morgan fingerprint density at radius 3 is 2.56 bits per heavy atom. The van der Waals surface area contributed by atoms with Gasteiger partial charge in [-0.1, -0.05) is 28.1 Å². The second kappa shape index (κ2) is 8.36. The summed E-state index contributed by atoms with van der Waals surface area (Å²) in [5.41, 5.74) is 1.92. The molecule has 0 aliphatic carbocycles. The number of piperazine rings is 1. The molecule has 0 spiro atoms. The number of nitrogens with zero attached hydrogens (tertiary/aromatic N) is 1. The van der Waals surface area contributed by atoms with E-state index in [0.717, 1.165) is 42.0 Å². The summed E-state index contributed by atoms with van der Waals surface area (Å²) in [6, 6.07) is 15.4. The van der Waals surface area contributed by atoms with Gasteiger partial charge in [-0.15, -0.1) is 0 Å². The zero-order chi connectivity index (χ0) is 17.6. The third-order valence-corrected chi connectivity index (χ3v) is 4.85. The lowest BCUT2D eigenvalue weighted by atomic mass is 10.2. The van der Waals surface area contributed by atoms with Gasteiger partial charge in [0.05, 0.1) is 44.6 Å². The highest BCUT2D eigenvalue weighted by Crippen LogP contribution is 2.25. The van der Waals surface area contributed by atoms with Crippen LogP contribution in [0.1, 0.15) is 0 Å². The summed E-state index contributed by atoms with van der Waals surface area (Å²) in [7, 11) is 2.21. The molecular formula is C19H23BrN3O2+. The number of likely N-dealkylation sites (N-methyl/N-ethyl adjacent to an activating group) is 1. The summed E-state index contributed by atoms with van der Waals surface area (Å²) in [5, 5.41) is 2.98. The number of halogens is 1. The molecule has 3 rings (SSSR count). The smallest absolute Gasteiger partial charge is 0.262 e. The van der Waals surface area contributed by atoms with Crippen LogP contribution in [0.3, 0.4) is 0 Å². The van der Waals surface area contributed by atoms with Gasteiger partial charge in [0.1, 0.15) is 5.75 Å². The first kappa shape index (κ1) is 17.8. The van der Waals surface area contributed by atoms with E-state index in [1.54, 1.807) is 4.90 Å². The third-order valence-electron chi connectivity index (χ3n) is 4.32. The maximum Gasteiger partial charge on any atom is 0.262 e. The van der Waals surface area contributed by atoms with Crippen molar-refractivity contribution < 1.29 is 14.4 Å². The average Bonchev–Trinajstić information content (AvgIpc) is 2.63. The number of anilines is 2. The van der Waals surface area contributed by atoms with Crippen LogP contribution in [0.2, 0.25) is 0 Å². The number of nitrogens with one attached hydrogen (secondary N) is 2. The molecule has 0 atom stereocenters. The molecule has 1 aliphatic rings. The highest BCUT2D eigenvalue weighted by Gasteiger charge is 2.19. The third kappa shape index (κ3) is 4.96. The van der Waals surface area contributed by atoms with E-state index in [1.807, 2.05) is 42.5 Å². The Kier molecular flexibility index (Phi) is 5.94. The second-order valence-electron chi connectivity index (χ2n) is 6.25. The van der Waals surface area contributed by atoms with Gasteiger partial charge in [-0.25, -0.2) is 0 Å². The van der Waals surface area contributed by atoms with Gasteiger partial charge in [0.2, 0.25) is 0 Å². The van der Waals surface area contributed by atoms with E-state index in [9.17, 15) is 4.79 Å². The lowest BCUT2D eigenvalue weighted by Crippen LogP contribution is -3.12. The summed E-state index contributed by atoms with van der Waals surface area (Å²) in [6.45, 7) is 4.19. The molecule has 1 fully saturated rings. The zero-order valence-electron chi connectivity index (χ0n) is 14.3. The van der Waals surface area contributed by atoms with E-state index in [1.165, 1.54) is 0 Å². The molecule has 1 aliphatic heterocycles. The van der Waals surface area contributed by atoms with Gasteiger partial charge < -0.3 is 19.9 Å². The fourth-order valence-electron chi connectivity index (χ4n) is 2.85. The fraction of sp³-hybridized carbons (Fsp3) is 0.316. The minimum atomic E-state index is -0.157. The summed E-state index contributed by atoms with van der Waals surface area (Å²) >= 11 is 3.38. The van der Waals surface area contributed by atoms with Crippen LogP contribution < -0.4 is 19.9 Å². The minimum absolute atomic E-state index is 0.0111. The van der Waals surface area contributed by atoms with Crippen molar-refractivity contribution in [1.29, 1.82) is 0 Å². The monoisotopic (exact) mass is 404 g/mol. The fourth-order valence-corrected chi connectivity index (χ4v) is 3.11. The molecule has 6 heteroatoms. The maximum atomic E-state index is 12.3. The molecule has 2 N–H and O–H groups in total. The van der Waals surface area contributed by atoms with Crippen molar-refractivity contribution in [2.24, 2.45) is 0 Å². The van der Waals surface area contributed by atoms with Crippen molar-refractivity contribution in [2.45, 2.75) is 0 Å². The van der Waals surface area contributed by atoms with E-state index in [-0.39, 0.29) is 12.5 Å². The lowest BCUT2D eigenvalue weighted by Gasteiger charge is -2.33. The summed E-state index contributed by atoms with van der Waals surface area (Å²) in [6.07, 6.45) is 0. The number of carbonyl (C=O) groups is 1. The molecular weight excluding hydrogens is 382 g/mol. The van der Waals surface area contributed by atoms with Crippen LogP contribution in [-0.4, -0.2) is 45.7 Å². The number of quaternary nitrogens is 1. The number of carbonyl (C=O) groups excluding carboxylic acids is 1. The van der Waals surface area contributed by atoms with Gasteiger partial charge in [0, 0.05) is 4.47 Å². The Hall–Kier alpha value is -2.05. The Morgan fingerprint density at radius 1 is 1.16 bits per heavy atom. The summed E-state index contributed by atoms with van der Waals surface area (Å²) in [5.74, 6) is 0.517. The van der Waals surface area contributed by atoms with E-state index < -0.39 is 0 Å². The molecule has 5 nitrogen and oxygen atoms in total. The van der Waals surface area contributed by atoms with Crippen molar-refractivity contribution in [1.82, 2.24) is 0 Å². The second-order valence-corrected chi connectivity index (χ2v) is 7.17. The van der Waals surface area contributed by atoms with Gasteiger partial charge in [-0.05, 0) is 36.4 Å². The van der Waals surface area contributed by atoms with E-state index >= 15 is 0 Å². The maximum absolute atomic E-state index is 12.3. The Labute approximate surface area is 156 Å². The average molecular weight is 405 g/mol. The van der Waals surface area contributed by atoms with Gasteiger partial charge in [0.15, 0.2) is 6.61 Å². The van der Waals surface area contributed by atoms with Crippen molar-refractivity contribution in [2.75, 3.05) is 50.1 Å². The SMILES string of the molecule is C[NH+]1CCN(c2ccccc2NC(=O)COc2ccc(Br)cc2)CC1. The Morgan fingerprint density at radius 2 is 1.84 bits per heavy atom. The van der Waals surface area contributed by atoms with E-state index in [2.05, 4.69) is 39.3 Å². The van der Waals surface area contributed by atoms with Crippen molar-refractivity contribution >= 4 is 33.2 Å². The number of benzene rings is 2. The van der Waals surface area contributed by atoms with Crippen LogP contribution in [0.5, 0.6) is 5.75 Å². The molecule has 132 valence electrons. The van der Waals surface area contributed by atoms with Crippen LogP contribution in [0.4, 0.5) is 11.4 Å². The van der Waals surface area contributed by atoms with E-state index in [0.29, 0.717) is 5.75 Å². The number of ether oxygens (including phenoxy) is 1. The van der Waals surface area contributed by atoms with Crippen LogP contribution in [0, 0.1) is 0 Å². The standard InChI is InChI=1S/C19H22BrN3O2/c1-22-10-12-23(13-11-22)18-5-3-2-4-17(18)21-19(24)14-25-16-8-6-15(20)7-9-16/h2-9H,10-14H2,1H3,(H,21,24)/p+1. The van der Waals surface area contributed by atoms with Crippen molar-refractivity contribution in [3.8, 4) is 5.75 Å². The van der Waals surface area contributed by atoms with Gasteiger partial charge >= 0.3 is 0 Å². The number of hydrogen-bond donors (Lipinski definition) is 2. The first-order valence-electron chi connectivity index (χ1n) is 8.45. The number of hydrogen-bond acceptors (Lipinski definition) is 3. The van der Waals surface area contributed by atoms with Crippen LogP contribution in [-0.2, 0) is 4.79 Å². The number of amides is 1. The van der Waals surface area contributed by atoms with Crippen LogP contribution >= 0.6 is 15.9 Å². The lowest BCUT2D eigenvalue weighted by molar-refractivity contribution is -0.880. The minimum Gasteiger partial charge on any atom is -0.484 e. The van der Waals surface area contributed by atoms with Crippen molar-refractivity contribution in [3.05, 3.63) is 53.0 Å². The molecule has 0 unspecified atom stereocenters. The highest BCUT2D eigenvalue weighted by molar-refractivity contribution is 9.10. The normalized spacial score (nSPS) is 15.0. The predicted octanol–water partition coefficient (Wildman–Crippen LogP) is 1.80. The molecule has 2 aromatic carbocycles. The van der Waals surface area contributed by atoms with Crippen LogP contribution in [0.25, 0.3) is 0 Å². The highest BCUT2D eigenvalue weighted by atomic mass is 79.9. The largest absolute Gasteiger partial charge is 0.484 e. The first-order chi connectivity index (χ1) is 12.1. The quantitative estimate of drug-likeness (QED) is 0.798. The molecule has 1 saturated heterocycles. The molecule has 0 bridgehead atoms. The predicted molar refractivity (Wildman–Crippen MR) is 104 cm³/mol. The molecule has 0 saturated carbocycles. The summed E-state index contributed by atoms with van der Waals surface area (Å²) in [4.78, 5) is 16.1. The Balaban J connectivity index is 1.60. The topological polar surface area (TPSA) is 46.0 Å². The zero-order valence-corrected chi connectivity index (χ0v) is 15.9. The Bertz CT molecular complexity index is 713. The number of rotatable bonds is 5. The molecule has 25 heavy (non-hydrogen) atoms. The van der Waals surface area contributed by atoms with E-state index in [4.69, 9.17) is 4.74 Å². The molecule has 1 heterocycles. The van der Waals surface area contributed by atoms with Gasteiger partial charge in [-0.2, -0.15) is 0 Å². The first-order valence-corrected chi connectivity index (χ1v) is 9.24. The molecule has 0 aromatic heterocycles. The molecule has 1 amide bonds. The molecule has 0 radical (unpaired) electrons.